The van der Waals surface area contributed by atoms with Crippen LogP contribution in [-0.2, 0) is 4.74 Å². The molecule has 0 radical (unpaired) electrons. The van der Waals surface area contributed by atoms with E-state index in [0.29, 0.717) is 5.92 Å². The van der Waals surface area contributed by atoms with Gasteiger partial charge in [0.25, 0.3) is 0 Å². The summed E-state index contributed by atoms with van der Waals surface area (Å²) in [5, 5.41) is 0. The molecule has 0 bridgehead atoms. The summed E-state index contributed by atoms with van der Waals surface area (Å²) < 4.78 is 5.33. The molecule has 0 aliphatic rings. The molecule has 0 fully saturated rings. The Kier molecular flexibility index (Phi) is 6.66. The van der Waals surface area contributed by atoms with E-state index in [1.165, 1.54) is 0 Å². The standard InChI is InChI=1S/C11H21NO/c1-5-6-7-8-10(12)11(13-4)9(2)3/h9-11H,7-8,12H2,1-4H3. The van der Waals surface area contributed by atoms with Gasteiger partial charge < -0.3 is 10.5 Å². The van der Waals surface area contributed by atoms with Crippen LogP contribution in [0.3, 0.4) is 0 Å². The second kappa shape index (κ2) is 6.94. The van der Waals surface area contributed by atoms with Crippen LogP contribution in [-0.4, -0.2) is 19.3 Å². The van der Waals surface area contributed by atoms with Gasteiger partial charge in [-0.05, 0) is 19.3 Å². The first-order valence-electron chi connectivity index (χ1n) is 4.81. The number of nitrogens with two attached hydrogens (primary N) is 1. The van der Waals surface area contributed by atoms with Gasteiger partial charge in [0.2, 0.25) is 0 Å². The van der Waals surface area contributed by atoms with E-state index in [2.05, 4.69) is 25.7 Å². The highest BCUT2D eigenvalue weighted by Gasteiger charge is 2.19. The average molecular weight is 183 g/mol. The van der Waals surface area contributed by atoms with Crippen molar-refractivity contribution in [1.29, 1.82) is 0 Å². The summed E-state index contributed by atoms with van der Waals surface area (Å²) in [6.07, 6.45) is 1.93. The molecule has 2 heteroatoms. The fourth-order valence-electron chi connectivity index (χ4n) is 1.47. The van der Waals surface area contributed by atoms with Gasteiger partial charge in [-0.3, -0.25) is 0 Å². The van der Waals surface area contributed by atoms with E-state index < -0.39 is 0 Å². The van der Waals surface area contributed by atoms with E-state index in [4.69, 9.17) is 10.5 Å². The lowest BCUT2D eigenvalue weighted by molar-refractivity contribution is 0.0423. The molecule has 13 heavy (non-hydrogen) atoms. The van der Waals surface area contributed by atoms with Crippen LogP contribution < -0.4 is 5.73 Å². The smallest absolute Gasteiger partial charge is 0.0745 e. The monoisotopic (exact) mass is 183 g/mol. The molecule has 0 aliphatic carbocycles. The lowest BCUT2D eigenvalue weighted by Crippen LogP contribution is -2.39. The molecule has 0 aromatic carbocycles. The van der Waals surface area contributed by atoms with Gasteiger partial charge in [0.15, 0.2) is 0 Å². The lowest BCUT2D eigenvalue weighted by Gasteiger charge is -2.25. The van der Waals surface area contributed by atoms with Crippen LogP contribution in [0.25, 0.3) is 0 Å². The zero-order valence-corrected chi connectivity index (χ0v) is 9.13. The molecule has 0 spiro atoms. The number of hydrogen-bond donors (Lipinski definition) is 1. The van der Waals surface area contributed by atoms with Gasteiger partial charge in [-0.15, -0.1) is 11.8 Å². The Morgan fingerprint density at radius 1 is 1.38 bits per heavy atom. The molecule has 0 saturated carbocycles. The number of rotatable bonds is 5. The van der Waals surface area contributed by atoms with Crippen molar-refractivity contribution < 1.29 is 4.74 Å². The van der Waals surface area contributed by atoms with Crippen LogP contribution in [0.2, 0.25) is 0 Å². The van der Waals surface area contributed by atoms with Gasteiger partial charge in [-0.2, -0.15) is 0 Å². The van der Waals surface area contributed by atoms with Gasteiger partial charge in [0, 0.05) is 19.6 Å². The molecule has 76 valence electrons. The third-order valence-corrected chi connectivity index (χ3v) is 2.13. The van der Waals surface area contributed by atoms with Crippen LogP contribution in [0.15, 0.2) is 0 Å². The van der Waals surface area contributed by atoms with Crippen LogP contribution in [0.5, 0.6) is 0 Å². The summed E-state index contributed by atoms with van der Waals surface area (Å²) >= 11 is 0. The Morgan fingerprint density at radius 2 is 2.00 bits per heavy atom. The van der Waals surface area contributed by atoms with Crippen molar-refractivity contribution in [1.82, 2.24) is 0 Å². The molecular formula is C11H21NO. The van der Waals surface area contributed by atoms with Crippen LogP contribution in [0.4, 0.5) is 0 Å². The van der Waals surface area contributed by atoms with Crippen molar-refractivity contribution >= 4 is 0 Å². The molecule has 0 aliphatic heterocycles. The maximum absolute atomic E-state index is 5.98. The van der Waals surface area contributed by atoms with Crippen LogP contribution in [0.1, 0.15) is 33.6 Å². The van der Waals surface area contributed by atoms with Gasteiger partial charge in [-0.25, -0.2) is 0 Å². The Balaban J connectivity index is 3.88. The zero-order chi connectivity index (χ0) is 10.3. The molecule has 0 aromatic rings. The minimum absolute atomic E-state index is 0.103. The fraction of sp³-hybridized carbons (Fsp3) is 0.818. The summed E-state index contributed by atoms with van der Waals surface area (Å²) in [5.74, 6) is 6.34. The van der Waals surface area contributed by atoms with Crippen molar-refractivity contribution in [3.8, 4) is 11.8 Å². The molecular weight excluding hydrogens is 162 g/mol. The second-order valence-electron chi connectivity index (χ2n) is 3.57. The highest BCUT2D eigenvalue weighted by molar-refractivity contribution is 4.96. The molecule has 2 N–H and O–H groups in total. The van der Waals surface area contributed by atoms with Crippen molar-refractivity contribution in [3.63, 3.8) is 0 Å². The van der Waals surface area contributed by atoms with Crippen LogP contribution >= 0.6 is 0 Å². The van der Waals surface area contributed by atoms with Gasteiger partial charge in [0.05, 0.1) is 6.10 Å². The molecule has 2 atom stereocenters. The summed E-state index contributed by atoms with van der Waals surface area (Å²) in [4.78, 5) is 0. The van der Waals surface area contributed by atoms with Crippen molar-refractivity contribution in [2.24, 2.45) is 11.7 Å². The quantitative estimate of drug-likeness (QED) is 0.659. The average Bonchev–Trinajstić information content (AvgIpc) is 2.05. The normalized spacial score (nSPS) is 14.9. The molecule has 0 amide bonds. The summed E-state index contributed by atoms with van der Waals surface area (Å²) in [6, 6.07) is 0.103. The predicted molar refractivity (Wildman–Crippen MR) is 56.3 cm³/mol. The van der Waals surface area contributed by atoms with Gasteiger partial charge in [-0.1, -0.05) is 13.8 Å². The number of ether oxygens (including phenoxy) is 1. The highest BCUT2D eigenvalue weighted by atomic mass is 16.5. The Bertz CT molecular complexity index is 178. The zero-order valence-electron chi connectivity index (χ0n) is 9.13. The third-order valence-electron chi connectivity index (χ3n) is 2.13. The van der Waals surface area contributed by atoms with Crippen molar-refractivity contribution in [2.45, 2.75) is 45.8 Å². The van der Waals surface area contributed by atoms with E-state index in [0.717, 1.165) is 12.8 Å². The van der Waals surface area contributed by atoms with E-state index in [-0.39, 0.29) is 12.1 Å². The van der Waals surface area contributed by atoms with Crippen LogP contribution in [0, 0.1) is 17.8 Å². The van der Waals surface area contributed by atoms with E-state index in [1.54, 1.807) is 7.11 Å². The van der Waals surface area contributed by atoms with Gasteiger partial charge in [0.1, 0.15) is 0 Å². The Hall–Kier alpha value is -0.520. The minimum Gasteiger partial charge on any atom is -0.380 e. The largest absolute Gasteiger partial charge is 0.380 e. The topological polar surface area (TPSA) is 35.2 Å². The summed E-state index contributed by atoms with van der Waals surface area (Å²) in [7, 11) is 1.72. The van der Waals surface area contributed by atoms with E-state index in [1.807, 2.05) is 6.92 Å². The minimum atomic E-state index is 0.103. The number of methoxy groups -OCH3 is 1. The van der Waals surface area contributed by atoms with Crippen molar-refractivity contribution in [3.05, 3.63) is 0 Å². The lowest BCUT2D eigenvalue weighted by atomic mass is 9.97. The molecule has 0 saturated heterocycles. The second-order valence-corrected chi connectivity index (χ2v) is 3.57. The maximum Gasteiger partial charge on any atom is 0.0745 e. The molecule has 2 nitrogen and oxygen atoms in total. The highest BCUT2D eigenvalue weighted by Crippen LogP contribution is 2.12. The first kappa shape index (κ1) is 12.5. The Morgan fingerprint density at radius 3 is 2.38 bits per heavy atom. The third kappa shape index (κ3) is 4.92. The molecule has 0 heterocycles. The Labute approximate surface area is 81.8 Å². The van der Waals surface area contributed by atoms with E-state index >= 15 is 0 Å². The fourth-order valence-corrected chi connectivity index (χ4v) is 1.47. The molecule has 2 unspecified atom stereocenters. The van der Waals surface area contributed by atoms with E-state index in [9.17, 15) is 0 Å². The summed E-state index contributed by atoms with van der Waals surface area (Å²) in [6.45, 7) is 6.10. The molecule has 0 rings (SSSR count). The number of hydrogen-bond acceptors (Lipinski definition) is 2. The van der Waals surface area contributed by atoms with Gasteiger partial charge >= 0.3 is 0 Å². The molecule has 0 aromatic heterocycles. The summed E-state index contributed by atoms with van der Waals surface area (Å²) in [5.41, 5.74) is 5.98. The van der Waals surface area contributed by atoms with Crippen molar-refractivity contribution in [2.75, 3.05) is 7.11 Å². The first-order valence-corrected chi connectivity index (χ1v) is 4.81. The maximum atomic E-state index is 5.98. The predicted octanol–water partition coefficient (Wildman–Crippen LogP) is 1.79. The first-order chi connectivity index (χ1) is 6.13. The SMILES string of the molecule is CC#CCCC(N)C(OC)C(C)C.